The average molecular weight is 409 g/mol. The van der Waals surface area contributed by atoms with Crippen LogP contribution in [-0.2, 0) is 0 Å². The molecule has 7 heteroatoms. The van der Waals surface area contributed by atoms with E-state index in [1.807, 2.05) is 42.5 Å². The molecule has 138 valence electrons. The number of nitro benzene ring substituents is 1. The van der Waals surface area contributed by atoms with Crippen LogP contribution in [-0.4, -0.2) is 9.91 Å². The Morgan fingerprint density at radius 1 is 0.964 bits per heavy atom. The molecule has 28 heavy (non-hydrogen) atoms. The predicted octanol–water partition coefficient (Wildman–Crippen LogP) is 5.91. The summed E-state index contributed by atoms with van der Waals surface area (Å²) in [6, 6.07) is 21.0. The van der Waals surface area contributed by atoms with Gasteiger partial charge in [0.1, 0.15) is 0 Å². The molecule has 0 unspecified atom stereocenters. The van der Waals surface area contributed by atoms with Crippen molar-refractivity contribution in [1.82, 2.24) is 4.98 Å². The number of non-ortho nitro benzene ring substituents is 1. The number of pyridine rings is 1. The Balaban J connectivity index is 2.02. The number of nitrogens with zero attached hydrogens (tertiary/aromatic N) is 1. The van der Waals surface area contributed by atoms with E-state index in [0.717, 1.165) is 10.5 Å². The molecule has 4 aromatic rings. The Kier molecular flexibility index (Phi) is 4.90. The first kappa shape index (κ1) is 18.3. The highest BCUT2D eigenvalue weighted by atomic mass is 35.5. The van der Waals surface area contributed by atoms with Crippen LogP contribution in [0.3, 0.4) is 0 Å². The minimum atomic E-state index is -0.439. The molecule has 1 N–H and O–H groups in total. The van der Waals surface area contributed by atoms with Crippen molar-refractivity contribution in [3.63, 3.8) is 0 Å². The maximum Gasteiger partial charge on any atom is 0.270 e. The second kappa shape index (κ2) is 7.50. The molecule has 1 heterocycles. The van der Waals surface area contributed by atoms with Gasteiger partial charge in [0.05, 0.1) is 9.82 Å². The molecule has 5 nitrogen and oxygen atoms in total. The van der Waals surface area contributed by atoms with Gasteiger partial charge in [0.2, 0.25) is 0 Å². The third-order valence-electron chi connectivity index (χ3n) is 4.26. The van der Waals surface area contributed by atoms with Crippen molar-refractivity contribution in [2.75, 3.05) is 0 Å². The minimum absolute atomic E-state index is 0.0285. The van der Waals surface area contributed by atoms with Gasteiger partial charge >= 0.3 is 0 Å². The molecule has 0 aliphatic heterocycles. The number of nitrogens with one attached hydrogen (secondary N) is 1. The highest BCUT2D eigenvalue weighted by Crippen LogP contribution is 2.38. The molecule has 4 rings (SSSR count). The number of fused-ring (bicyclic) bond motifs is 1. The van der Waals surface area contributed by atoms with Gasteiger partial charge in [-0.05, 0) is 35.9 Å². The van der Waals surface area contributed by atoms with Crippen LogP contribution >= 0.6 is 23.4 Å². The van der Waals surface area contributed by atoms with Crippen LogP contribution in [0.15, 0.2) is 87.4 Å². The molecule has 0 aliphatic rings. The largest absolute Gasteiger partial charge is 0.321 e. The van der Waals surface area contributed by atoms with E-state index in [9.17, 15) is 14.9 Å². The highest BCUT2D eigenvalue weighted by Gasteiger charge is 2.18. The van der Waals surface area contributed by atoms with E-state index < -0.39 is 4.92 Å². The molecular weight excluding hydrogens is 396 g/mol. The number of benzene rings is 3. The minimum Gasteiger partial charge on any atom is -0.321 e. The summed E-state index contributed by atoms with van der Waals surface area (Å²) in [5.41, 5.74) is 1.76. The van der Waals surface area contributed by atoms with Crippen LogP contribution in [0.5, 0.6) is 0 Å². The molecule has 0 fully saturated rings. The fraction of sp³-hybridized carbons (Fsp3) is 0. The van der Waals surface area contributed by atoms with Gasteiger partial charge in [0.15, 0.2) is 0 Å². The molecule has 0 radical (unpaired) electrons. The predicted molar refractivity (Wildman–Crippen MR) is 112 cm³/mol. The third-order valence-corrected chi connectivity index (χ3v) is 5.61. The molecule has 0 bridgehead atoms. The Bertz CT molecular complexity index is 1240. The van der Waals surface area contributed by atoms with E-state index in [1.165, 1.54) is 23.9 Å². The van der Waals surface area contributed by atoms with Crippen LogP contribution < -0.4 is 5.56 Å². The number of aromatic amines is 1. The Hall–Kier alpha value is -3.09. The molecule has 0 atom stereocenters. The SMILES string of the molecule is O=c1[nH]c2ccc([N+](=O)[O-])cc2c(-c2ccccc2)c1Sc1ccc(Cl)cc1. The molecule has 0 spiro atoms. The summed E-state index contributed by atoms with van der Waals surface area (Å²) in [5.74, 6) is 0. The lowest BCUT2D eigenvalue weighted by Gasteiger charge is -2.13. The first-order chi connectivity index (χ1) is 13.5. The van der Waals surface area contributed by atoms with Crippen molar-refractivity contribution in [1.29, 1.82) is 0 Å². The van der Waals surface area contributed by atoms with Crippen molar-refractivity contribution in [3.8, 4) is 11.1 Å². The summed E-state index contributed by atoms with van der Waals surface area (Å²) < 4.78 is 0. The van der Waals surface area contributed by atoms with Gasteiger partial charge in [0.25, 0.3) is 11.2 Å². The zero-order chi connectivity index (χ0) is 19.7. The molecule has 3 aromatic carbocycles. The first-order valence-corrected chi connectivity index (χ1v) is 9.55. The van der Waals surface area contributed by atoms with Crippen LogP contribution in [0.25, 0.3) is 22.0 Å². The number of nitro groups is 1. The van der Waals surface area contributed by atoms with E-state index in [-0.39, 0.29) is 11.2 Å². The third kappa shape index (κ3) is 3.52. The normalized spacial score (nSPS) is 10.9. The smallest absolute Gasteiger partial charge is 0.270 e. The van der Waals surface area contributed by atoms with Crippen molar-refractivity contribution in [3.05, 3.63) is 98.3 Å². The number of halogens is 1. The summed E-state index contributed by atoms with van der Waals surface area (Å²) in [6.07, 6.45) is 0. The summed E-state index contributed by atoms with van der Waals surface area (Å²) in [7, 11) is 0. The summed E-state index contributed by atoms with van der Waals surface area (Å²) in [5, 5.41) is 12.5. The maximum absolute atomic E-state index is 12.9. The number of H-pyrrole nitrogens is 1. The van der Waals surface area contributed by atoms with Crippen molar-refractivity contribution in [2.24, 2.45) is 0 Å². The Morgan fingerprint density at radius 2 is 1.68 bits per heavy atom. The van der Waals surface area contributed by atoms with Crippen molar-refractivity contribution in [2.45, 2.75) is 9.79 Å². The summed E-state index contributed by atoms with van der Waals surface area (Å²) >= 11 is 7.26. The van der Waals surface area contributed by atoms with E-state index in [2.05, 4.69) is 4.98 Å². The molecular formula is C21H13ClN2O3S. The van der Waals surface area contributed by atoms with E-state index in [4.69, 9.17) is 11.6 Å². The zero-order valence-electron chi connectivity index (χ0n) is 14.4. The van der Waals surface area contributed by atoms with Gasteiger partial charge in [-0.25, -0.2) is 0 Å². The molecule has 1 aromatic heterocycles. The fourth-order valence-electron chi connectivity index (χ4n) is 2.99. The quantitative estimate of drug-likeness (QED) is 0.336. The number of rotatable bonds is 4. The number of aromatic nitrogens is 1. The topological polar surface area (TPSA) is 76.0 Å². The fourth-order valence-corrected chi connectivity index (χ4v) is 4.09. The molecule has 0 amide bonds. The van der Waals surface area contributed by atoms with Gasteiger partial charge < -0.3 is 4.98 Å². The lowest BCUT2D eigenvalue weighted by molar-refractivity contribution is -0.384. The molecule has 0 saturated heterocycles. The summed E-state index contributed by atoms with van der Waals surface area (Å²) in [4.78, 5) is 27.9. The second-order valence-corrected chi connectivity index (χ2v) is 7.59. The number of hydrogen-bond acceptors (Lipinski definition) is 4. The van der Waals surface area contributed by atoms with E-state index >= 15 is 0 Å². The van der Waals surface area contributed by atoms with E-state index in [1.54, 1.807) is 18.2 Å². The Morgan fingerprint density at radius 3 is 2.36 bits per heavy atom. The average Bonchev–Trinajstić information content (AvgIpc) is 2.70. The van der Waals surface area contributed by atoms with Crippen molar-refractivity contribution >= 4 is 40.0 Å². The molecule has 0 saturated carbocycles. The van der Waals surface area contributed by atoms with Gasteiger partial charge in [-0.15, -0.1) is 0 Å². The van der Waals surface area contributed by atoms with Crippen LogP contribution in [0, 0.1) is 10.1 Å². The Labute approximate surface area is 169 Å². The second-order valence-electron chi connectivity index (χ2n) is 6.07. The van der Waals surface area contributed by atoms with Crippen LogP contribution in [0.2, 0.25) is 5.02 Å². The highest BCUT2D eigenvalue weighted by molar-refractivity contribution is 7.99. The van der Waals surface area contributed by atoms with Crippen LogP contribution in [0.4, 0.5) is 5.69 Å². The van der Waals surface area contributed by atoms with Crippen molar-refractivity contribution < 1.29 is 4.92 Å². The standard InChI is InChI=1S/C21H13ClN2O3S/c22-14-6-9-16(10-7-14)28-20-19(13-4-2-1-3-5-13)17-12-15(24(26)27)8-11-18(17)23-21(20)25/h1-12H,(H,23,25). The number of hydrogen-bond donors (Lipinski definition) is 1. The van der Waals surface area contributed by atoms with Crippen LogP contribution in [0.1, 0.15) is 0 Å². The van der Waals surface area contributed by atoms with Gasteiger partial charge in [-0.3, -0.25) is 14.9 Å². The maximum atomic E-state index is 12.9. The summed E-state index contributed by atoms with van der Waals surface area (Å²) in [6.45, 7) is 0. The van der Waals surface area contributed by atoms with Gasteiger partial charge in [-0.2, -0.15) is 0 Å². The zero-order valence-corrected chi connectivity index (χ0v) is 16.0. The lowest BCUT2D eigenvalue weighted by atomic mass is 10.0. The van der Waals surface area contributed by atoms with Gasteiger partial charge in [0, 0.05) is 38.5 Å². The van der Waals surface area contributed by atoms with E-state index in [0.29, 0.717) is 26.4 Å². The lowest BCUT2D eigenvalue weighted by Crippen LogP contribution is -2.10. The van der Waals surface area contributed by atoms with Gasteiger partial charge in [-0.1, -0.05) is 53.7 Å². The first-order valence-electron chi connectivity index (χ1n) is 8.36. The monoisotopic (exact) mass is 408 g/mol. The molecule has 0 aliphatic carbocycles.